The molecule has 0 aliphatic carbocycles. The zero-order valence-electron chi connectivity index (χ0n) is 17.0. The molecule has 0 atom stereocenters. The van der Waals surface area contributed by atoms with Crippen molar-refractivity contribution in [3.63, 3.8) is 0 Å². The van der Waals surface area contributed by atoms with Crippen molar-refractivity contribution in [3.8, 4) is 11.6 Å². The summed E-state index contributed by atoms with van der Waals surface area (Å²) in [6.45, 7) is 4.87. The van der Waals surface area contributed by atoms with Gasteiger partial charge in [0.25, 0.3) is 0 Å². The Balaban J connectivity index is 1.43. The Labute approximate surface area is 170 Å². The minimum absolute atomic E-state index is 0.0243. The van der Waals surface area contributed by atoms with Crippen LogP contribution in [0, 0.1) is 13.8 Å². The van der Waals surface area contributed by atoms with Crippen LogP contribution in [0.25, 0.3) is 5.82 Å². The molecule has 8 heteroatoms. The number of hydrogen-bond acceptors (Lipinski definition) is 6. The summed E-state index contributed by atoms with van der Waals surface area (Å²) in [4.78, 5) is 25.1. The predicted octanol–water partition coefficient (Wildman–Crippen LogP) is 2.45. The van der Waals surface area contributed by atoms with Gasteiger partial charge in [-0.1, -0.05) is 12.1 Å². The molecule has 1 aromatic carbocycles. The summed E-state index contributed by atoms with van der Waals surface area (Å²) >= 11 is 0. The molecule has 0 bridgehead atoms. The second-order valence-electron chi connectivity index (χ2n) is 6.63. The van der Waals surface area contributed by atoms with Gasteiger partial charge in [0.2, 0.25) is 5.91 Å². The zero-order chi connectivity index (χ0) is 20.6. The summed E-state index contributed by atoms with van der Waals surface area (Å²) in [7, 11) is 1.64. The number of benzene rings is 1. The molecule has 0 unspecified atom stereocenters. The number of nitrogens with one attached hydrogen (secondary N) is 2. The quantitative estimate of drug-likeness (QED) is 0.542. The lowest BCUT2D eigenvalue weighted by Gasteiger charge is -2.11. The molecule has 0 aliphatic heterocycles. The number of carbonyl (C=O) groups is 1. The first-order valence-corrected chi connectivity index (χ1v) is 9.54. The van der Waals surface area contributed by atoms with Crippen LogP contribution < -0.4 is 15.4 Å². The van der Waals surface area contributed by atoms with E-state index in [0.717, 1.165) is 23.0 Å². The average Bonchev–Trinajstić information content (AvgIpc) is 3.15. The molecule has 3 aromatic rings. The molecule has 2 N–H and O–H groups in total. The second kappa shape index (κ2) is 9.68. The Kier molecular flexibility index (Phi) is 6.78. The van der Waals surface area contributed by atoms with Gasteiger partial charge in [0.05, 0.1) is 7.11 Å². The summed E-state index contributed by atoms with van der Waals surface area (Å²) in [5, 5.41) is 6.16. The minimum atomic E-state index is 0.0243. The molecule has 1 amide bonds. The number of anilines is 1. The molecule has 0 radical (unpaired) electrons. The summed E-state index contributed by atoms with van der Waals surface area (Å²) in [6, 6.07) is 9.63. The summed E-state index contributed by atoms with van der Waals surface area (Å²) in [5.41, 5.74) is 1.11. The molecule has 3 rings (SSSR count). The zero-order valence-corrected chi connectivity index (χ0v) is 17.0. The van der Waals surface area contributed by atoms with Crippen molar-refractivity contribution in [2.75, 3.05) is 25.5 Å². The van der Waals surface area contributed by atoms with Crippen LogP contribution in [-0.2, 0) is 11.2 Å². The highest BCUT2D eigenvalue weighted by Gasteiger charge is 2.07. The van der Waals surface area contributed by atoms with Crippen molar-refractivity contribution in [1.82, 2.24) is 24.8 Å². The Morgan fingerprint density at radius 2 is 1.93 bits per heavy atom. The fourth-order valence-electron chi connectivity index (χ4n) is 2.92. The average molecular weight is 394 g/mol. The Bertz CT molecular complexity index is 952. The molecule has 0 spiro atoms. The van der Waals surface area contributed by atoms with Crippen molar-refractivity contribution in [2.45, 2.75) is 26.7 Å². The van der Waals surface area contributed by atoms with E-state index in [1.165, 1.54) is 0 Å². The lowest BCUT2D eigenvalue weighted by atomic mass is 10.1. The number of imidazole rings is 1. The van der Waals surface area contributed by atoms with E-state index in [1.54, 1.807) is 13.3 Å². The van der Waals surface area contributed by atoms with E-state index in [-0.39, 0.29) is 5.91 Å². The molecule has 29 heavy (non-hydrogen) atoms. The number of nitrogens with zero attached hydrogens (tertiary/aromatic N) is 4. The van der Waals surface area contributed by atoms with E-state index in [1.807, 2.05) is 54.9 Å². The van der Waals surface area contributed by atoms with Crippen LogP contribution in [0.3, 0.4) is 0 Å². The summed E-state index contributed by atoms with van der Waals surface area (Å²) in [6.07, 6.45) is 4.75. The Morgan fingerprint density at radius 1 is 1.14 bits per heavy atom. The molecule has 2 aromatic heterocycles. The van der Waals surface area contributed by atoms with Gasteiger partial charge in [0.15, 0.2) is 0 Å². The number of aromatic nitrogens is 4. The van der Waals surface area contributed by atoms with Gasteiger partial charge in [-0.2, -0.15) is 0 Å². The maximum absolute atomic E-state index is 12.1. The van der Waals surface area contributed by atoms with E-state index in [0.29, 0.717) is 37.6 Å². The van der Waals surface area contributed by atoms with Crippen LogP contribution in [0.1, 0.15) is 23.6 Å². The highest BCUT2D eigenvalue weighted by molar-refractivity contribution is 5.76. The summed E-state index contributed by atoms with van der Waals surface area (Å²) < 4.78 is 7.04. The first-order valence-electron chi connectivity index (χ1n) is 9.54. The van der Waals surface area contributed by atoms with E-state index in [4.69, 9.17) is 4.74 Å². The number of carbonyl (C=O) groups excluding carboxylic acids is 1. The van der Waals surface area contributed by atoms with E-state index in [9.17, 15) is 4.79 Å². The molecular formula is C21H26N6O2. The third-order valence-corrected chi connectivity index (χ3v) is 4.45. The second-order valence-corrected chi connectivity index (χ2v) is 6.63. The monoisotopic (exact) mass is 394 g/mol. The van der Waals surface area contributed by atoms with Gasteiger partial charge in [-0.3, -0.25) is 9.36 Å². The van der Waals surface area contributed by atoms with Gasteiger partial charge in [0, 0.05) is 38.0 Å². The SMILES string of the molecule is COc1ccc(CCC(=O)NCCNc2cc(-n3ccnc3C)nc(C)n2)cc1. The molecule has 152 valence electrons. The van der Waals surface area contributed by atoms with Crippen molar-refractivity contribution >= 4 is 11.7 Å². The maximum Gasteiger partial charge on any atom is 0.220 e. The fraction of sp³-hybridized carbons (Fsp3) is 0.333. The standard InChI is InChI=1S/C21H26N6O2/c1-15-25-19(14-20(26-15)27-13-12-22-16(27)2)23-10-11-24-21(28)9-6-17-4-7-18(29-3)8-5-17/h4-5,7-8,12-14H,6,9-11H2,1-3H3,(H,24,28)(H,23,25,26). The normalized spacial score (nSPS) is 10.6. The molecular weight excluding hydrogens is 368 g/mol. The number of methoxy groups -OCH3 is 1. The maximum atomic E-state index is 12.1. The van der Waals surface area contributed by atoms with E-state index < -0.39 is 0 Å². The Morgan fingerprint density at radius 3 is 2.62 bits per heavy atom. The lowest BCUT2D eigenvalue weighted by Crippen LogP contribution is -2.29. The smallest absolute Gasteiger partial charge is 0.220 e. The molecule has 0 saturated carbocycles. The van der Waals surface area contributed by atoms with Crippen LogP contribution in [0.2, 0.25) is 0 Å². The van der Waals surface area contributed by atoms with Crippen LogP contribution in [0.5, 0.6) is 5.75 Å². The highest BCUT2D eigenvalue weighted by Crippen LogP contribution is 2.13. The molecule has 8 nitrogen and oxygen atoms in total. The van der Waals surface area contributed by atoms with Crippen LogP contribution in [0.4, 0.5) is 5.82 Å². The predicted molar refractivity (Wildman–Crippen MR) is 111 cm³/mol. The number of amides is 1. The number of hydrogen-bond donors (Lipinski definition) is 2. The first kappa shape index (κ1) is 20.3. The first-order chi connectivity index (χ1) is 14.0. The van der Waals surface area contributed by atoms with Crippen LogP contribution in [0.15, 0.2) is 42.7 Å². The fourth-order valence-corrected chi connectivity index (χ4v) is 2.92. The number of aryl methyl sites for hydroxylation is 3. The summed E-state index contributed by atoms with van der Waals surface area (Å²) in [5.74, 6) is 3.85. The van der Waals surface area contributed by atoms with Gasteiger partial charge >= 0.3 is 0 Å². The number of rotatable bonds is 9. The van der Waals surface area contributed by atoms with Gasteiger partial charge in [-0.05, 0) is 38.0 Å². The van der Waals surface area contributed by atoms with Gasteiger partial charge in [-0.25, -0.2) is 15.0 Å². The third-order valence-electron chi connectivity index (χ3n) is 4.45. The van der Waals surface area contributed by atoms with Crippen molar-refractivity contribution in [2.24, 2.45) is 0 Å². The van der Waals surface area contributed by atoms with E-state index >= 15 is 0 Å². The van der Waals surface area contributed by atoms with Gasteiger partial charge in [0.1, 0.15) is 29.0 Å². The van der Waals surface area contributed by atoms with Crippen molar-refractivity contribution in [3.05, 3.63) is 59.9 Å². The molecule has 2 heterocycles. The van der Waals surface area contributed by atoms with Crippen LogP contribution in [-0.4, -0.2) is 45.6 Å². The molecule has 0 aliphatic rings. The largest absolute Gasteiger partial charge is 0.497 e. The lowest BCUT2D eigenvalue weighted by molar-refractivity contribution is -0.120. The molecule has 0 fully saturated rings. The minimum Gasteiger partial charge on any atom is -0.497 e. The van der Waals surface area contributed by atoms with Gasteiger partial charge < -0.3 is 15.4 Å². The Hall–Kier alpha value is -3.42. The number of ether oxygens (including phenoxy) is 1. The van der Waals surface area contributed by atoms with Crippen LogP contribution >= 0.6 is 0 Å². The van der Waals surface area contributed by atoms with Crippen molar-refractivity contribution in [1.29, 1.82) is 0 Å². The van der Waals surface area contributed by atoms with E-state index in [2.05, 4.69) is 25.6 Å². The topological polar surface area (TPSA) is 94.0 Å². The third kappa shape index (κ3) is 5.78. The van der Waals surface area contributed by atoms with Gasteiger partial charge in [-0.15, -0.1) is 0 Å². The van der Waals surface area contributed by atoms with Crippen molar-refractivity contribution < 1.29 is 9.53 Å². The highest BCUT2D eigenvalue weighted by atomic mass is 16.5. The molecule has 0 saturated heterocycles.